The number of aromatic nitrogens is 1. The van der Waals surface area contributed by atoms with Gasteiger partial charge in [-0.3, -0.25) is 19.9 Å². The molecule has 1 unspecified atom stereocenters. The van der Waals surface area contributed by atoms with Gasteiger partial charge in [0.15, 0.2) is 0 Å². The summed E-state index contributed by atoms with van der Waals surface area (Å²) in [4.78, 5) is 26.1. The molecule has 0 fully saturated rings. The van der Waals surface area contributed by atoms with Crippen molar-refractivity contribution in [2.75, 3.05) is 20.3 Å². The first-order valence-corrected chi connectivity index (χ1v) is 6.69. The number of carbonyl (C=O) groups excluding carboxylic acids is 1. The molecule has 9 nitrogen and oxygen atoms in total. The van der Waals surface area contributed by atoms with Crippen LogP contribution in [0.1, 0.15) is 17.3 Å². The molecule has 1 rings (SSSR count). The summed E-state index contributed by atoms with van der Waals surface area (Å²) in [5.41, 5.74) is 0.844. The average molecular weight is 322 g/mol. The first-order chi connectivity index (χ1) is 11.0. The van der Waals surface area contributed by atoms with Gasteiger partial charge in [-0.2, -0.15) is 0 Å². The van der Waals surface area contributed by atoms with Gasteiger partial charge in [0.1, 0.15) is 6.61 Å². The molecule has 0 aliphatic rings. The van der Waals surface area contributed by atoms with E-state index in [2.05, 4.69) is 15.5 Å². The molecule has 1 heterocycles. The third-order valence-electron chi connectivity index (χ3n) is 3.00. The number of hydrogen-bond acceptors (Lipinski definition) is 7. The van der Waals surface area contributed by atoms with Crippen LogP contribution in [0.25, 0.3) is 0 Å². The van der Waals surface area contributed by atoms with Crippen LogP contribution >= 0.6 is 0 Å². The van der Waals surface area contributed by atoms with Gasteiger partial charge >= 0.3 is 0 Å². The maximum atomic E-state index is 11.9. The Morgan fingerprint density at radius 1 is 1.57 bits per heavy atom. The second kappa shape index (κ2) is 9.26. The highest BCUT2D eigenvalue weighted by atomic mass is 16.6. The van der Waals surface area contributed by atoms with Crippen molar-refractivity contribution in [2.45, 2.75) is 13.0 Å². The zero-order valence-corrected chi connectivity index (χ0v) is 12.8. The SMILES string of the molecule is COCC(/C(C)=C/C(CNC(=O)c1ccncc1)=N\O)[N+](=O)[O-]. The molecular weight excluding hydrogens is 304 g/mol. The molecule has 0 aliphatic carbocycles. The molecule has 1 aromatic heterocycles. The van der Waals surface area contributed by atoms with Gasteiger partial charge in [0.05, 0.1) is 12.3 Å². The molecule has 0 radical (unpaired) electrons. The predicted octanol–water partition coefficient (Wildman–Crippen LogP) is 0.880. The Labute approximate surface area is 132 Å². The van der Waals surface area contributed by atoms with Crippen LogP contribution in [0.3, 0.4) is 0 Å². The van der Waals surface area contributed by atoms with E-state index in [4.69, 9.17) is 9.94 Å². The number of methoxy groups -OCH3 is 1. The molecule has 9 heteroatoms. The van der Waals surface area contributed by atoms with Gasteiger partial charge in [-0.15, -0.1) is 0 Å². The molecule has 0 saturated carbocycles. The van der Waals surface area contributed by atoms with Crippen LogP contribution < -0.4 is 5.32 Å². The highest BCUT2D eigenvalue weighted by Gasteiger charge is 2.22. The fourth-order valence-corrected chi connectivity index (χ4v) is 1.77. The summed E-state index contributed by atoms with van der Waals surface area (Å²) in [5.74, 6) is -0.373. The lowest BCUT2D eigenvalue weighted by molar-refractivity contribution is -0.515. The molecular formula is C14H18N4O5. The lowest BCUT2D eigenvalue weighted by Crippen LogP contribution is -2.30. The number of nitro groups is 1. The van der Waals surface area contributed by atoms with E-state index in [1.165, 1.54) is 44.6 Å². The van der Waals surface area contributed by atoms with Crippen LogP contribution in [-0.4, -0.2) is 53.0 Å². The molecule has 0 aromatic carbocycles. The molecule has 124 valence electrons. The quantitative estimate of drug-likeness (QED) is 0.316. The highest BCUT2D eigenvalue weighted by molar-refractivity contribution is 6.01. The number of nitrogens with one attached hydrogen (secondary N) is 1. The molecule has 0 saturated heterocycles. The normalized spacial score (nSPS) is 13.5. The number of hydrogen-bond donors (Lipinski definition) is 2. The van der Waals surface area contributed by atoms with Crippen molar-refractivity contribution in [3.63, 3.8) is 0 Å². The topological polar surface area (TPSA) is 127 Å². The summed E-state index contributed by atoms with van der Waals surface area (Å²) >= 11 is 0. The smallest absolute Gasteiger partial charge is 0.257 e. The Morgan fingerprint density at radius 2 is 2.22 bits per heavy atom. The highest BCUT2D eigenvalue weighted by Crippen LogP contribution is 2.06. The molecule has 1 aromatic rings. The van der Waals surface area contributed by atoms with Crippen molar-refractivity contribution >= 4 is 11.6 Å². The largest absolute Gasteiger partial charge is 0.411 e. The van der Waals surface area contributed by atoms with Crippen LogP contribution in [0, 0.1) is 10.1 Å². The van der Waals surface area contributed by atoms with Gasteiger partial charge in [-0.05, 0) is 25.1 Å². The van der Waals surface area contributed by atoms with E-state index in [0.717, 1.165) is 0 Å². The van der Waals surface area contributed by atoms with Gasteiger partial charge in [0.25, 0.3) is 11.9 Å². The number of rotatable bonds is 8. The van der Waals surface area contributed by atoms with E-state index in [0.29, 0.717) is 11.1 Å². The van der Waals surface area contributed by atoms with Crippen molar-refractivity contribution in [3.05, 3.63) is 51.9 Å². The number of pyridine rings is 1. The zero-order valence-electron chi connectivity index (χ0n) is 12.8. The van der Waals surface area contributed by atoms with Gasteiger partial charge in [0, 0.05) is 35.6 Å². The molecule has 0 bridgehead atoms. The van der Waals surface area contributed by atoms with Gasteiger partial charge < -0.3 is 15.3 Å². The summed E-state index contributed by atoms with van der Waals surface area (Å²) in [6.45, 7) is 1.35. The minimum Gasteiger partial charge on any atom is -0.411 e. The Bertz CT molecular complexity index is 600. The van der Waals surface area contributed by atoms with Crippen molar-refractivity contribution in [2.24, 2.45) is 5.16 Å². The monoisotopic (exact) mass is 322 g/mol. The number of nitrogens with zero attached hydrogens (tertiary/aromatic N) is 3. The van der Waals surface area contributed by atoms with Crippen LogP contribution in [0.15, 0.2) is 41.3 Å². The second-order valence-electron chi connectivity index (χ2n) is 4.65. The fourth-order valence-electron chi connectivity index (χ4n) is 1.77. The van der Waals surface area contributed by atoms with Crippen molar-refractivity contribution in [1.29, 1.82) is 0 Å². The van der Waals surface area contributed by atoms with Gasteiger partial charge in [-0.25, -0.2) is 0 Å². The maximum absolute atomic E-state index is 11.9. The number of ether oxygens (including phenoxy) is 1. The minimum absolute atomic E-state index is 0.0770. The Hall–Kier alpha value is -2.81. The number of amides is 1. The predicted molar refractivity (Wildman–Crippen MR) is 82.2 cm³/mol. The van der Waals surface area contributed by atoms with Crippen molar-refractivity contribution in [3.8, 4) is 0 Å². The first kappa shape index (κ1) is 18.2. The zero-order chi connectivity index (χ0) is 17.2. The molecule has 0 aliphatic heterocycles. The van der Waals surface area contributed by atoms with Crippen LogP contribution in [-0.2, 0) is 4.74 Å². The third-order valence-corrected chi connectivity index (χ3v) is 3.00. The van der Waals surface area contributed by atoms with E-state index in [-0.39, 0.29) is 24.8 Å². The Kier molecular flexibility index (Phi) is 7.34. The van der Waals surface area contributed by atoms with E-state index in [1.807, 2.05) is 0 Å². The lowest BCUT2D eigenvalue weighted by atomic mass is 10.1. The van der Waals surface area contributed by atoms with E-state index in [9.17, 15) is 14.9 Å². The van der Waals surface area contributed by atoms with Crippen LogP contribution in [0.2, 0.25) is 0 Å². The summed E-state index contributed by atoms with van der Waals surface area (Å²) in [6, 6.07) is 2.02. The fraction of sp³-hybridized carbons (Fsp3) is 0.357. The standard InChI is InChI=1S/C14H18N4O5/c1-10(13(9-23-2)18(21)22)7-12(17-20)8-16-14(19)11-3-5-15-6-4-11/h3-7,13,20H,8-9H2,1-2H3,(H,16,19)/b10-7+,17-12+. The molecule has 1 atom stereocenters. The van der Waals surface area contributed by atoms with E-state index >= 15 is 0 Å². The number of oxime groups is 1. The number of carbonyl (C=O) groups is 1. The molecule has 23 heavy (non-hydrogen) atoms. The van der Waals surface area contributed by atoms with Crippen molar-refractivity contribution in [1.82, 2.24) is 10.3 Å². The van der Waals surface area contributed by atoms with Crippen LogP contribution in [0.5, 0.6) is 0 Å². The summed E-state index contributed by atoms with van der Waals surface area (Å²) in [6.07, 6.45) is 4.30. The van der Waals surface area contributed by atoms with E-state index in [1.54, 1.807) is 0 Å². The van der Waals surface area contributed by atoms with Crippen molar-refractivity contribution < 1.29 is 19.7 Å². The van der Waals surface area contributed by atoms with Crippen LogP contribution in [0.4, 0.5) is 0 Å². The average Bonchev–Trinajstić information content (AvgIpc) is 2.56. The molecule has 1 amide bonds. The van der Waals surface area contributed by atoms with Gasteiger partial charge in [-0.1, -0.05) is 5.16 Å². The first-order valence-electron chi connectivity index (χ1n) is 6.69. The third kappa shape index (κ3) is 5.83. The minimum atomic E-state index is -1.05. The summed E-state index contributed by atoms with van der Waals surface area (Å²) in [7, 11) is 1.36. The summed E-state index contributed by atoms with van der Waals surface area (Å²) < 4.78 is 4.80. The van der Waals surface area contributed by atoms with E-state index < -0.39 is 11.0 Å². The Balaban J connectivity index is 2.72. The maximum Gasteiger partial charge on any atom is 0.257 e. The molecule has 0 spiro atoms. The van der Waals surface area contributed by atoms with Gasteiger partial charge in [0.2, 0.25) is 0 Å². The molecule has 2 N–H and O–H groups in total. The summed E-state index contributed by atoms with van der Waals surface area (Å²) in [5, 5.41) is 25.5. The second-order valence-corrected chi connectivity index (χ2v) is 4.65. The Morgan fingerprint density at radius 3 is 2.74 bits per heavy atom. The lowest BCUT2D eigenvalue weighted by Gasteiger charge is -2.10.